The van der Waals surface area contributed by atoms with E-state index in [1.807, 2.05) is 12.1 Å². The van der Waals surface area contributed by atoms with E-state index in [1.54, 1.807) is 0 Å². The maximum absolute atomic E-state index is 12.7. The second-order valence-corrected chi connectivity index (χ2v) is 4.86. The number of nitrogens with one attached hydrogen (secondary N) is 1. The number of rotatable bonds is 3. The van der Waals surface area contributed by atoms with Gasteiger partial charge in [-0.25, -0.2) is 4.39 Å². The maximum Gasteiger partial charge on any atom is 0.123 e. The van der Waals surface area contributed by atoms with Crippen LogP contribution in [0.15, 0.2) is 30.3 Å². The fourth-order valence-corrected chi connectivity index (χ4v) is 2.36. The topological polar surface area (TPSA) is 12.0 Å². The van der Waals surface area contributed by atoms with E-state index in [0.29, 0.717) is 5.92 Å². The predicted molar refractivity (Wildman–Crippen MR) is 70.2 cm³/mol. The SMILES string of the molecule is CC(/C=C/c1ccc(F)cc1)C1CCNCC1. The van der Waals surface area contributed by atoms with Gasteiger partial charge in [0.2, 0.25) is 0 Å². The van der Waals surface area contributed by atoms with Gasteiger partial charge in [0.1, 0.15) is 5.82 Å². The highest BCUT2D eigenvalue weighted by atomic mass is 19.1. The van der Waals surface area contributed by atoms with Crippen LogP contribution >= 0.6 is 0 Å². The summed E-state index contributed by atoms with van der Waals surface area (Å²) in [7, 11) is 0. The summed E-state index contributed by atoms with van der Waals surface area (Å²) in [6.07, 6.45) is 6.87. The van der Waals surface area contributed by atoms with E-state index in [4.69, 9.17) is 0 Å². The van der Waals surface area contributed by atoms with Crippen LogP contribution in [0.1, 0.15) is 25.3 Å². The smallest absolute Gasteiger partial charge is 0.123 e. The highest BCUT2D eigenvalue weighted by Crippen LogP contribution is 2.23. The van der Waals surface area contributed by atoms with Crippen LogP contribution in [-0.4, -0.2) is 13.1 Å². The first-order chi connectivity index (χ1) is 8.25. The molecule has 0 aromatic heterocycles. The Kier molecular flexibility index (Phi) is 4.32. The number of allylic oxidation sites excluding steroid dienone is 1. The van der Waals surface area contributed by atoms with E-state index in [0.717, 1.165) is 24.6 Å². The molecular weight excluding hydrogens is 213 g/mol. The molecule has 1 nitrogen and oxygen atoms in total. The van der Waals surface area contributed by atoms with Crippen LogP contribution in [0.3, 0.4) is 0 Å². The molecule has 1 aromatic rings. The minimum Gasteiger partial charge on any atom is -0.317 e. The molecular formula is C15H20FN. The zero-order chi connectivity index (χ0) is 12.1. The molecule has 1 aliphatic rings. The molecule has 0 spiro atoms. The number of hydrogen-bond donors (Lipinski definition) is 1. The van der Waals surface area contributed by atoms with Crippen molar-refractivity contribution >= 4 is 6.08 Å². The Morgan fingerprint density at radius 2 is 1.88 bits per heavy atom. The molecule has 2 heteroatoms. The van der Waals surface area contributed by atoms with E-state index in [9.17, 15) is 4.39 Å². The minimum absolute atomic E-state index is 0.173. The summed E-state index contributed by atoms with van der Waals surface area (Å²) in [6, 6.07) is 6.66. The van der Waals surface area contributed by atoms with Crippen molar-refractivity contribution in [3.05, 3.63) is 41.7 Å². The molecule has 0 amide bonds. The van der Waals surface area contributed by atoms with Crippen molar-refractivity contribution in [3.63, 3.8) is 0 Å². The number of benzene rings is 1. The molecule has 17 heavy (non-hydrogen) atoms. The summed E-state index contributed by atoms with van der Waals surface area (Å²) >= 11 is 0. The zero-order valence-electron chi connectivity index (χ0n) is 10.3. The standard InChI is InChI=1S/C15H20FN/c1-12(14-8-10-17-11-9-14)2-3-13-4-6-15(16)7-5-13/h2-7,12,14,17H,8-11H2,1H3/b3-2+. The molecule has 1 fully saturated rings. The number of halogens is 1. The van der Waals surface area contributed by atoms with Crippen LogP contribution in [0.5, 0.6) is 0 Å². The van der Waals surface area contributed by atoms with Crippen molar-refractivity contribution in [1.29, 1.82) is 0 Å². The van der Waals surface area contributed by atoms with Gasteiger partial charge >= 0.3 is 0 Å². The van der Waals surface area contributed by atoms with Gasteiger partial charge in [0, 0.05) is 0 Å². The van der Waals surface area contributed by atoms with Gasteiger partial charge in [0.25, 0.3) is 0 Å². The Hall–Kier alpha value is -1.15. The molecule has 0 aliphatic carbocycles. The van der Waals surface area contributed by atoms with Gasteiger partial charge in [0.15, 0.2) is 0 Å². The van der Waals surface area contributed by atoms with E-state index in [-0.39, 0.29) is 5.82 Å². The van der Waals surface area contributed by atoms with Gasteiger partial charge < -0.3 is 5.32 Å². The molecule has 1 saturated heterocycles. The summed E-state index contributed by atoms with van der Waals surface area (Å²) in [5.74, 6) is 1.21. The lowest BCUT2D eigenvalue weighted by molar-refractivity contribution is 0.314. The van der Waals surface area contributed by atoms with Crippen LogP contribution in [0.25, 0.3) is 6.08 Å². The van der Waals surface area contributed by atoms with Crippen LogP contribution in [0, 0.1) is 17.7 Å². The number of piperidine rings is 1. The fourth-order valence-electron chi connectivity index (χ4n) is 2.36. The molecule has 1 aliphatic heterocycles. The average molecular weight is 233 g/mol. The molecule has 1 atom stereocenters. The van der Waals surface area contributed by atoms with Crippen molar-refractivity contribution < 1.29 is 4.39 Å². The third kappa shape index (κ3) is 3.67. The van der Waals surface area contributed by atoms with Crippen LogP contribution < -0.4 is 5.32 Å². The third-order valence-corrected chi connectivity index (χ3v) is 3.59. The molecule has 0 bridgehead atoms. The minimum atomic E-state index is -0.173. The van der Waals surface area contributed by atoms with Gasteiger partial charge in [-0.05, 0) is 55.5 Å². The van der Waals surface area contributed by atoms with Crippen molar-refractivity contribution in [2.24, 2.45) is 11.8 Å². The Balaban J connectivity index is 1.92. The Bertz CT molecular complexity index is 363. The summed E-state index contributed by atoms with van der Waals surface area (Å²) in [5.41, 5.74) is 1.08. The van der Waals surface area contributed by atoms with Gasteiger partial charge in [0.05, 0.1) is 0 Å². The monoisotopic (exact) mass is 233 g/mol. The molecule has 0 saturated carbocycles. The van der Waals surface area contributed by atoms with E-state index in [2.05, 4.69) is 24.4 Å². The van der Waals surface area contributed by atoms with Crippen molar-refractivity contribution in [3.8, 4) is 0 Å². The molecule has 1 heterocycles. The largest absolute Gasteiger partial charge is 0.317 e. The summed E-state index contributed by atoms with van der Waals surface area (Å²) < 4.78 is 12.7. The van der Waals surface area contributed by atoms with E-state index in [1.165, 1.54) is 25.0 Å². The Labute approximate surface area is 103 Å². The Morgan fingerprint density at radius 1 is 1.24 bits per heavy atom. The van der Waals surface area contributed by atoms with Gasteiger partial charge in [-0.1, -0.05) is 31.2 Å². The molecule has 0 radical (unpaired) electrons. The molecule has 92 valence electrons. The molecule has 1 N–H and O–H groups in total. The predicted octanol–water partition coefficient (Wildman–Crippen LogP) is 3.47. The van der Waals surface area contributed by atoms with Gasteiger partial charge in [-0.2, -0.15) is 0 Å². The third-order valence-electron chi connectivity index (χ3n) is 3.59. The van der Waals surface area contributed by atoms with Crippen molar-refractivity contribution in [1.82, 2.24) is 5.32 Å². The van der Waals surface area contributed by atoms with Crippen molar-refractivity contribution in [2.75, 3.05) is 13.1 Å². The fraction of sp³-hybridized carbons (Fsp3) is 0.467. The van der Waals surface area contributed by atoms with Gasteiger partial charge in [-0.3, -0.25) is 0 Å². The van der Waals surface area contributed by atoms with Crippen LogP contribution in [-0.2, 0) is 0 Å². The molecule has 1 unspecified atom stereocenters. The second kappa shape index (κ2) is 5.97. The molecule has 1 aromatic carbocycles. The summed E-state index contributed by atoms with van der Waals surface area (Å²) in [6.45, 7) is 4.55. The summed E-state index contributed by atoms with van der Waals surface area (Å²) in [5, 5.41) is 3.38. The lowest BCUT2D eigenvalue weighted by Gasteiger charge is -2.26. The maximum atomic E-state index is 12.7. The van der Waals surface area contributed by atoms with Gasteiger partial charge in [-0.15, -0.1) is 0 Å². The van der Waals surface area contributed by atoms with E-state index < -0.39 is 0 Å². The second-order valence-electron chi connectivity index (χ2n) is 4.86. The Morgan fingerprint density at radius 3 is 2.53 bits per heavy atom. The highest BCUT2D eigenvalue weighted by molar-refractivity contribution is 5.49. The van der Waals surface area contributed by atoms with Crippen LogP contribution in [0.2, 0.25) is 0 Å². The van der Waals surface area contributed by atoms with E-state index >= 15 is 0 Å². The lowest BCUT2D eigenvalue weighted by atomic mass is 9.85. The first kappa shape index (κ1) is 12.3. The van der Waals surface area contributed by atoms with Crippen LogP contribution in [0.4, 0.5) is 4.39 Å². The normalized spacial score (nSPS) is 19.6. The molecule has 2 rings (SSSR count). The highest BCUT2D eigenvalue weighted by Gasteiger charge is 2.17. The lowest BCUT2D eigenvalue weighted by Crippen LogP contribution is -2.30. The number of hydrogen-bond acceptors (Lipinski definition) is 1. The van der Waals surface area contributed by atoms with Crippen molar-refractivity contribution in [2.45, 2.75) is 19.8 Å². The summed E-state index contributed by atoms with van der Waals surface area (Å²) in [4.78, 5) is 0. The average Bonchev–Trinajstić information content (AvgIpc) is 2.39. The quantitative estimate of drug-likeness (QED) is 0.843. The zero-order valence-corrected chi connectivity index (χ0v) is 10.3. The first-order valence-electron chi connectivity index (χ1n) is 6.40. The first-order valence-corrected chi connectivity index (χ1v) is 6.40.